The molecule has 0 bridgehead atoms. The number of amides is 2. The fourth-order valence-corrected chi connectivity index (χ4v) is 7.61. The largest absolute Gasteiger partial charge is 0.499 e. The number of benzene rings is 2. The van der Waals surface area contributed by atoms with Crippen molar-refractivity contribution in [2.45, 2.75) is 153 Å². The van der Waals surface area contributed by atoms with Gasteiger partial charge in [0.2, 0.25) is 11.8 Å². The van der Waals surface area contributed by atoms with Crippen LogP contribution in [0.4, 0.5) is 0 Å². The number of esters is 2. The van der Waals surface area contributed by atoms with Crippen LogP contribution in [0.5, 0.6) is 0 Å². The van der Waals surface area contributed by atoms with Crippen LogP contribution in [0, 0.1) is 0 Å². The van der Waals surface area contributed by atoms with Crippen LogP contribution in [0.15, 0.2) is 72.5 Å². The molecule has 5 atom stereocenters. The zero-order valence-corrected chi connectivity index (χ0v) is 36.9. The van der Waals surface area contributed by atoms with Crippen molar-refractivity contribution in [3.05, 3.63) is 89.2 Å². The fraction of sp³-hybridized carbons (Fsp3) is 0.583. The summed E-state index contributed by atoms with van der Waals surface area (Å²) in [5, 5.41) is 22.1. The summed E-state index contributed by atoms with van der Waals surface area (Å²) in [6.45, 7) is 9.18. The second-order valence-electron chi connectivity index (χ2n) is 17.0. The number of nitrogens with one attached hydrogen (secondary N) is 1. The van der Waals surface area contributed by atoms with Crippen LogP contribution in [-0.2, 0) is 44.5 Å². The summed E-state index contributed by atoms with van der Waals surface area (Å²) in [5.41, 5.74) is 1.44. The standard InChI is InChI=1S/C48H68N2O11/c1-7-9-14-24-48(25-15-10-8-2)59-41-32-37(31-40(43(41)61-48)58-46(56)36-20-16-19-35(29-36)23-27-57-28-26-51)45(55)50(6)39(30-34-17-12-11-13-18-34)44(54)49-38(33-52)21-22-42(53)60-47(3,4)5/h11-13,16-20,23,27,29,32,38-41,43,51-52H,7-10,14-15,21-22,24-26,28,30-31,33H2,1-6H3,(H,49,54). The summed E-state index contributed by atoms with van der Waals surface area (Å²) in [7, 11) is 1.56. The van der Waals surface area contributed by atoms with Crippen molar-refractivity contribution >= 4 is 29.8 Å². The van der Waals surface area contributed by atoms with Gasteiger partial charge in [-0.25, -0.2) is 4.79 Å². The van der Waals surface area contributed by atoms with Crippen LogP contribution in [0.25, 0.3) is 6.08 Å². The molecule has 0 aromatic heterocycles. The van der Waals surface area contributed by atoms with Crippen molar-refractivity contribution < 1.29 is 53.1 Å². The molecule has 1 aliphatic heterocycles. The molecule has 336 valence electrons. The van der Waals surface area contributed by atoms with E-state index in [0.29, 0.717) is 29.5 Å². The minimum absolute atomic E-state index is 0.0167. The maximum atomic E-state index is 14.7. The maximum Gasteiger partial charge on any atom is 0.338 e. The quantitative estimate of drug-likeness (QED) is 0.0575. The summed E-state index contributed by atoms with van der Waals surface area (Å²) in [6.07, 6.45) is 10.0. The van der Waals surface area contributed by atoms with E-state index >= 15 is 0 Å². The molecule has 4 rings (SSSR count). The van der Waals surface area contributed by atoms with E-state index in [1.807, 2.05) is 36.4 Å². The van der Waals surface area contributed by atoms with Gasteiger partial charge >= 0.3 is 11.9 Å². The minimum Gasteiger partial charge on any atom is -0.499 e. The highest BCUT2D eigenvalue weighted by molar-refractivity contribution is 5.97. The molecule has 0 saturated carbocycles. The van der Waals surface area contributed by atoms with Crippen molar-refractivity contribution in [2.24, 2.45) is 0 Å². The van der Waals surface area contributed by atoms with E-state index in [0.717, 1.165) is 44.1 Å². The summed E-state index contributed by atoms with van der Waals surface area (Å²) < 4.78 is 30.6. The molecule has 2 aromatic carbocycles. The zero-order valence-electron chi connectivity index (χ0n) is 36.9. The summed E-state index contributed by atoms with van der Waals surface area (Å²) >= 11 is 0. The Labute approximate surface area is 361 Å². The molecule has 1 saturated heterocycles. The lowest BCUT2D eigenvalue weighted by molar-refractivity contribution is -0.190. The number of hydrogen-bond donors (Lipinski definition) is 3. The van der Waals surface area contributed by atoms with Gasteiger partial charge in [0.1, 0.15) is 36.6 Å². The summed E-state index contributed by atoms with van der Waals surface area (Å²) in [5.74, 6) is -2.91. The number of carbonyl (C=O) groups is 4. The topological polar surface area (TPSA) is 170 Å². The SMILES string of the molecule is CCCCCC1(CCCCC)OC2C=C(C(=O)N(C)C(Cc3ccccc3)C(=O)NC(CO)CCC(=O)OC(C)(C)C)CC(OC(=O)c3cccc(C=COCCO)c3)C2O1. The first kappa shape index (κ1) is 49.1. The van der Waals surface area contributed by atoms with Crippen LogP contribution < -0.4 is 5.32 Å². The third kappa shape index (κ3) is 15.4. The number of aliphatic hydroxyl groups is 2. The molecule has 61 heavy (non-hydrogen) atoms. The molecule has 2 amide bonds. The lowest BCUT2D eigenvalue weighted by Crippen LogP contribution is -2.53. The van der Waals surface area contributed by atoms with Crippen molar-refractivity contribution in [3.63, 3.8) is 0 Å². The summed E-state index contributed by atoms with van der Waals surface area (Å²) in [6, 6.07) is 14.4. The average Bonchev–Trinajstić information content (AvgIpc) is 3.61. The smallest absolute Gasteiger partial charge is 0.338 e. The molecule has 1 heterocycles. The second kappa shape index (κ2) is 24.2. The van der Waals surface area contributed by atoms with Crippen LogP contribution in [0.2, 0.25) is 0 Å². The number of fused-ring (bicyclic) bond motifs is 1. The molecule has 5 unspecified atom stereocenters. The maximum absolute atomic E-state index is 14.7. The number of rotatable bonds is 24. The molecule has 13 nitrogen and oxygen atoms in total. The predicted molar refractivity (Wildman–Crippen MR) is 232 cm³/mol. The number of ether oxygens (including phenoxy) is 5. The Morgan fingerprint density at radius 1 is 0.967 bits per heavy atom. The highest BCUT2D eigenvalue weighted by atomic mass is 16.8. The number of carbonyl (C=O) groups excluding carboxylic acids is 4. The Morgan fingerprint density at radius 3 is 2.31 bits per heavy atom. The van der Waals surface area contributed by atoms with E-state index in [1.54, 1.807) is 58.2 Å². The van der Waals surface area contributed by atoms with Gasteiger partial charge in [-0.05, 0) is 75.4 Å². The van der Waals surface area contributed by atoms with E-state index in [1.165, 1.54) is 11.2 Å². The Hall–Kier alpha value is -4.56. The van der Waals surface area contributed by atoms with E-state index in [9.17, 15) is 24.3 Å². The van der Waals surface area contributed by atoms with Gasteiger partial charge in [0.25, 0.3) is 0 Å². The molecular weight excluding hydrogens is 781 g/mol. The highest BCUT2D eigenvalue weighted by Gasteiger charge is 2.53. The van der Waals surface area contributed by atoms with Crippen molar-refractivity contribution in [1.29, 1.82) is 0 Å². The normalized spacial score (nSPS) is 19.3. The van der Waals surface area contributed by atoms with Gasteiger partial charge in [-0.15, -0.1) is 0 Å². The number of nitrogens with zero attached hydrogens (tertiary/aromatic N) is 1. The molecule has 0 radical (unpaired) electrons. The molecule has 2 aliphatic rings. The number of unbranched alkanes of at least 4 members (excludes halogenated alkanes) is 4. The van der Waals surface area contributed by atoms with Crippen molar-refractivity contribution in [2.75, 3.05) is 26.9 Å². The van der Waals surface area contributed by atoms with Gasteiger partial charge in [0, 0.05) is 44.7 Å². The van der Waals surface area contributed by atoms with Gasteiger partial charge < -0.3 is 44.1 Å². The lowest BCUT2D eigenvalue weighted by atomic mass is 9.90. The Bertz CT molecular complexity index is 1760. The van der Waals surface area contributed by atoms with Gasteiger partial charge in [0.15, 0.2) is 5.79 Å². The molecule has 3 N–H and O–H groups in total. The van der Waals surface area contributed by atoms with Crippen LogP contribution in [0.1, 0.15) is 127 Å². The first-order valence-electron chi connectivity index (χ1n) is 21.9. The van der Waals surface area contributed by atoms with Gasteiger partial charge in [-0.1, -0.05) is 82.0 Å². The number of aliphatic hydroxyl groups excluding tert-OH is 2. The Kier molecular flexibility index (Phi) is 19.5. The van der Waals surface area contributed by atoms with Crippen molar-refractivity contribution in [1.82, 2.24) is 10.2 Å². The van der Waals surface area contributed by atoms with E-state index in [2.05, 4.69) is 19.2 Å². The van der Waals surface area contributed by atoms with Gasteiger partial charge in [-0.2, -0.15) is 0 Å². The van der Waals surface area contributed by atoms with E-state index < -0.39 is 72.1 Å². The summed E-state index contributed by atoms with van der Waals surface area (Å²) in [4.78, 5) is 56.6. The average molecular weight is 849 g/mol. The second-order valence-corrected chi connectivity index (χ2v) is 17.0. The third-order valence-electron chi connectivity index (χ3n) is 10.8. The first-order valence-corrected chi connectivity index (χ1v) is 21.9. The monoisotopic (exact) mass is 848 g/mol. The number of hydrogen-bond acceptors (Lipinski definition) is 11. The molecule has 1 fully saturated rings. The van der Waals surface area contributed by atoms with Crippen molar-refractivity contribution in [3.8, 4) is 0 Å². The molecular formula is C48H68N2O11. The van der Waals surface area contributed by atoms with Crippen LogP contribution in [0.3, 0.4) is 0 Å². The van der Waals surface area contributed by atoms with Crippen LogP contribution >= 0.6 is 0 Å². The number of likely N-dealkylation sites (N-methyl/N-ethyl adjacent to an activating group) is 1. The van der Waals surface area contributed by atoms with Crippen LogP contribution in [-0.4, -0.2) is 108 Å². The van der Waals surface area contributed by atoms with Gasteiger partial charge in [0.05, 0.1) is 31.1 Å². The Morgan fingerprint density at radius 2 is 1.67 bits per heavy atom. The first-order chi connectivity index (χ1) is 29.2. The van der Waals surface area contributed by atoms with E-state index in [4.69, 9.17) is 28.8 Å². The highest BCUT2D eigenvalue weighted by Crippen LogP contribution is 2.43. The molecule has 2 aromatic rings. The third-order valence-corrected chi connectivity index (χ3v) is 10.8. The predicted octanol–water partition coefficient (Wildman–Crippen LogP) is 6.83. The molecule has 0 spiro atoms. The lowest BCUT2D eigenvalue weighted by Gasteiger charge is -2.34. The minimum atomic E-state index is -1.01. The Balaban J connectivity index is 1.64. The van der Waals surface area contributed by atoms with E-state index in [-0.39, 0.29) is 38.9 Å². The zero-order chi connectivity index (χ0) is 44.4. The van der Waals surface area contributed by atoms with Gasteiger partial charge in [-0.3, -0.25) is 14.4 Å². The molecule has 13 heteroatoms. The fourth-order valence-electron chi connectivity index (χ4n) is 7.61. The molecule has 1 aliphatic carbocycles.